The Hall–Kier alpha value is -3.55. The minimum Gasteiger partial charge on any atom is -0.496 e. The fraction of sp³-hybridized carbons (Fsp3) is 0.105. The summed E-state index contributed by atoms with van der Waals surface area (Å²) in [5, 5.41) is 5.43. The van der Waals surface area contributed by atoms with Crippen molar-refractivity contribution in [3.8, 4) is 5.75 Å². The number of halogens is 2. The molecule has 3 aromatic rings. The van der Waals surface area contributed by atoms with Crippen LogP contribution in [-0.4, -0.2) is 23.0 Å². The Bertz CT molecular complexity index is 966. The van der Waals surface area contributed by atoms with Crippen LogP contribution >= 0.6 is 0 Å². The molecule has 0 radical (unpaired) electrons. The molecule has 1 heterocycles. The van der Waals surface area contributed by atoms with Gasteiger partial charge in [-0.2, -0.15) is 0 Å². The highest BCUT2D eigenvalue weighted by molar-refractivity contribution is 5.93. The highest BCUT2D eigenvalue weighted by atomic mass is 19.1. The Morgan fingerprint density at radius 3 is 2.70 bits per heavy atom. The normalized spacial score (nSPS) is 10.3. The van der Waals surface area contributed by atoms with Gasteiger partial charge >= 0.3 is 0 Å². The van der Waals surface area contributed by atoms with Crippen LogP contribution in [0.3, 0.4) is 0 Å². The first-order valence-electron chi connectivity index (χ1n) is 8.01. The number of carbonyl (C=O) groups is 1. The molecule has 0 spiro atoms. The summed E-state index contributed by atoms with van der Waals surface area (Å²) < 4.78 is 32.0. The molecule has 27 heavy (non-hydrogen) atoms. The Morgan fingerprint density at radius 1 is 1.11 bits per heavy atom. The largest absolute Gasteiger partial charge is 0.496 e. The van der Waals surface area contributed by atoms with E-state index in [0.717, 1.165) is 17.7 Å². The van der Waals surface area contributed by atoms with Crippen LogP contribution in [0.15, 0.2) is 54.9 Å². The van der Waals surface area contributed by atoms with Crippen molar-refractivity contribution in [3.63, 3.8) is 0 Å². The topological polar surface area (TPSA) is 76.1 Å². The van der Waals surface area contributed by atoms with E-state index in [1.807, 2.05) is 18.2 Å². The number of hydrogen-bond acceptors (Lipinski definition) is 5. The van der Waals surface area contributed by atoms with Crippen molar-refractivity contribution in [2.45, 2.75) is 6.54 Å². The number of para-hydroxylation sites is 1. The standard InChI is InChI=1S/C19H16F2N4O2/c1-27-17-5-3-2-4-12(17)10-22-19(26)16-9-18(24-11-23-16)25-15-7-6-13(20)8-14(15)21/h2-9,11H,10H2,1H3,(H,22,26)(H,23,24,25). The second-order valence-electron chi connectivity index (χ2n) is 5.53. The molecule has 0 bridgehead atoms. The lowest BCUT2D eigenvalue weighted by molar-refractivity contribution is 0.0945. The third-order valence-corrected chi connectivity index (χ3v) is 3.73. The number of nitrogens with one attached hydrogen (secondary N) is 2. The Labute approximate surface area is 154 Å². The predicted molar refractivity (Wildman–Crippen MR) is 95.8 cm³/mol. The van der Waals surface area contributed by atoms with Crippen LogP contribution in [0.25, 0.3) is 0 Å². The molecular weight excluding hydrogens is 354 g/mol. The van der Waals surface area contributed by atoms with Crippen molar-refractivity contribution >= 4 is 17.4 Å². The molecule has 8 heteroatoms. The van der Waals surface area contributed by atoms with Crippen molar-refractivity contribution in [1.29, 1.82) is 0 Å². The number of nitrogens with zero attached hydrogens (tertiary/aromatic N) is 2. The van der Waals surface area contributed by atoms with Gasteiger partial charge in [0, 0.05) is 24.2 Å². The van der Waals surface area contributed by atoms with E-state index in [0.29, 0.717) is 5.75 Å². The first-order valence-corrected chi connectivity index (χ1v) is 8.01. The molecule has 0 aliphatic carbocycles. The number of amides is 1. The van der Waals surface area contributed by atoms with Gasteiger partial charge in [-0.15, -0.1) is 0 Å². The van der Waals surface area contributed by atoms with Crippen LogP contribution in [0.5, 0.6) is 5.75 Å². The fourth-order valence-electron chi connectivity index (χ4n) is 2.39. The van der Waals surface area contributed by atoms with Gasteiger partial charge in [-0.05, 0) is 18.2 Å². The lowest BCUT2D eigenvalue weighted by Crippen LogP contribution is -2.24. The van der Waals surface area contributed by atoms with Crippen LogP contribution < -0.4 is 15.4 Å². The Morgan fingerprint density at radius 2 is 1.93 bits per heavy atom. The van der Waals surface area contributed by atoms with Gasteiger partial charge in [-0.1, -0.05) is 18.2 Å². The monoisotopic (exact) mass is 370 g/mol. The minimum atomic E-state index is -0.768. The average molecular weight is 370 g/mol. The van der Waals surface area contributed by atoms with Crippen molar-refractivity contribution < 1.29 is 18.3 Å². The Kier molecular flexibility index (Phi) is 5.55. The number of ether oxygens (including phenoxy) is 1. The molecule has 1 amide bonds. The van der Waals surface area contributed by atoms with Gasteiger partial charge in [-0.25, -0.2) is 18.7 Å². The van der Waals surface area contributed by atoms with E-state index >= 15 is 0 Å². The SMILES string of the molecule is COc1ccccc1CNC(=O)c1cc(Nc2ccc(F)cc2F)ncn1. The zero-order valence-corrected chi connectivity index (χ0v) is 14.4. The second kappa shape index (κ2) is 8.22. The number of rotatable bonds is 6. The van der Waals surface area contributed by atoms with Crippen LogP contribution in [0.1, 0.15) is 16.1 Å². The quantitative estimate of drug-likeness (QED) is 0.695. The second-order valence-corrected chi connectivity index (χ2v) is 5.53. The molecular formula is C19H16F2N4O2. The molecule has 2 N–H and O–H groups in total. The Balaban J connectivity index is 1.70. The lowest BCUT2D eigenvalue weighted by atomic mass is 10.2. The predicted octanol–water partition coefficient (Wildman–Crippen LogP) is 3.44. The maximum Gasteiger partial charge on any atom is 0.270 e. The summed E-state index contributed by atoms with van der Waals surface area (Å²) in [6.45, 7) is 0.252. The number of carbonyl (C=O) groups excluding carboxylic acids is 1. The molecule has 0 saturated heterocycles. The maximum absolute atomic E-state index is 13.7. The van der Waals surface area contributed by atoms with Crippen molar-refractivity contribution in [1.82, 2.24) is 15.3 Å². The molecule has 0 aliphatic rings. The van der Waals surface area contributed by atoms with Gasteiger partial charge in [-0.3, -0.25) is 4.79 Å². The smallest absolute Gasteiger partial charge is 0.270 e. The van der Waals surface area contributed by atoms with E-state index in [1.165, 1.54) is 18.5 Å². The van der Waals surface area contributed by atoms with Gasteiger partial charge < -0.3 is 15.4 Å². The first kappa shape index (κ1) is 18.2. The highest BCUT2D eigenvalue weighted by Crippen LogP contribution is 2.20. The van der Waals surface area contributed by atoms with E-state index in [1.54, 1.807) is 13.2 Å². The van der Waals surface area contributed by atoms with Crippen LogP contribution in [0.4, 0.5) is 20.3 Å². The van der Waals surface area contributed by atoms with Crippen LogP contribution in [0, 0.1) is 11.6 Å². The zero-order chi connectivity index (χ0) is 19.2. The van der Waals surface area contributed by atoms with Gasteiger partial charge in [0.1, 0.15) is 35.2 Å². The van der Waals surface area contributed by atoms with Crippen LogP contribution in [0.2, 0.25) is 0 Å². The molecule has 0 fully saturated rings. The molecule has 0 atom stereocenters. The van der Waals surface area contributed by atoms with E-state index < -0.39 is 17.5 Å². The minimum absolute atomic E-state index is 0.0375. The number of hydrogen-bond donors (Lipinski definition) is 2. The maximum atomic E-state index is 13.7. The number of anilines is 2. The average Bonchev–Trinajstić information content (AvgIpc) is 2.68. The molecule has 1 aromatic heterocycles. The number of aromatic nitrogens is 2. The summed E-state index contributed by atoms with van der Waals surface area (Å²) in [5.41, 5.74) is 0.953. The third kappa shape index (κ3) is 4.55. The van der Waals surface area contributed by atoms with Crippen molar-refractivity contribution in [2.24, 2.45) is 0 Å². The highest BCUT2D eigenvalue weighted by Gasteiger charge is 2.11. The molecule has 2 aromatic carbocycles. The molecule has 0 saturated carbocycles. The third-order valence-electron chi connectivity index (χ3n) is 3.73. The van der Waals surface area contributed by atoms with Gasteiger partial charge in [0.15, 0.2) is 0 Å². The summed E-state index contributed by atoms with van der Waals surface area (Å²) in [5.74, 6) is -1.01. The number of methoxy groups -OCH3 is 1. The lowest BCUT2D eigenvalue weighted by Gasteiger charge is -2.10. The first-order chi connectivity index (χ1) is 13.1. The summed E-state index contributed by atoms with van der Waals surface area (Å²) in [6.07, 6.45) is 1.18. The van der Waals surface area contributed by atoms with E-state index in [2.05, 4.69) is 20.6 Å². The van der Waals surface area contributed by atoms with E-state index in [9.17, 15) is 13.6 Å². The summed E-state index contributed by atoms with van der Waals surface area (Å²) in [6, 6.07) is 11.8. The molecule has 6 nitrogen and oxygen atoms in total. The zero-order valence-electron chi connectivity index (χ0n) is 14.4. The molecule has 138 valence electrons. The van der Waals surface area contributed by atoms with Gasteiger partial charge in [0.2, 0.25) is 0 Å². The summed E-state index contributed by atoms with van der Waals surface area (Å²) in [7, 11) is 1.55. The summed E-state index contributed by atoms with van der Waals surface area (Å²) >= 11 is 0. The van der Waals surface area contributed by atoms with E-state index in [-0.39, 0.29) is 23.7 Å². The van der Waals surface area contributed by atoms with E-state index in [4.69, 9.17) is 4.74 Å². The number of benzene rings is 2. The van der Waals surface area contributed by atoms with Gasteiger partial charge in [0.05, 0.1) is 12.8 Å². The fourth-order valence-corrected chi connectivity index (χ4v) is 2.39. The van der Waals surface area contributed by atoms with Crippen molar-refractivity contribution in [3.05, 3.63) is 77.8 Å². The van der Waals surface area contributed by atoms with Crippen LogP contribution in [-0.2, 0) is 6.54 Å². The summed E-state index contributed by atoms with van der Waals surface area (Å²) in [4.78, 5) is 20.2. The molecule has 3 rings (SSSR count). The molecule has 0 aliphatic heterocycles. The van der Waals surface area contributed by atoms with Crippen molar-refractivity contribution in [2.75, 3.05) is 12.4 Å². The van der Waals surface area contributed by atoms with Gasteiger partial charge in [0.25, 0.3) is 5.91 Å². The molecule has 0 unspecified atom stereocenters.